The Morgan fingerprint density at radius 2 is 2.44 bits per heavy atom. The Kier molecular flexibility index (Phi) is 1.74. The normalized spacial score (nSPS) is 10.0. The van der Waals surface area contributed by atoms with Gasteiger partial charge in [-0.25, -0.2) is 4.68 Å². The van der Waals surface area contributed by atoms with Crippen molar-refractivity contribution < 1.29 is 5.11 Å². The molecule has 0 amide bonds. The first kappa shape index (κ1) is 6.15. The predicted octanol–water partition coefficient (Wildman–Crippen LogP) is -1.03. The molecular formula is C4H8N4O. The van der Waals surface area contributed by atoms with Gasteiger partial charge in [-0.2, -0.15) is 0 Å². The molecule has 1 aromatic rings. The summed E-state index contributed by atoms with van der Waals surface area (Å²) in [5.74, 6) is 0.726. The van der Waals surface area contributed by atoms with Crippen molar-refractivity contribution in [2.45, 2.75) is 13.5 Å². The zero-order chi connectivity index (χ0) is 6.69. The minimum Gasteiger partial charge on any atom is -0.394 e. The van der Waals surface area contributed by atoms with Crippen molar-refractivity contribution in [1.82, 2.24) is 20.2 Å². The van der Waals surface area contributed by atoms with Gasteiger partial charge in [0.25, 0.3) is 0 Å². The number of aryl methyl sites for hydroxylation is 1. The second kappa shape index (κ2) is 2.54. The van der Waals surface area contributed by atoms with Crippen molar-refractivity contribution in [3.63, 3.8) is 0 Å². The summed E-state index contributed by atoms with van der Waals surface area (Å²) in [6.07, 6.45) is 0. The Morgan fingerprint density at radius 1 is 1.67 bits per heavy atom. The van der Waals surface area contributed by atoms with E-state index in [9.17, 15) is 0 Å². The smallest absolute Gasteiger partial charge is 0.148 e. The summed E-state index contributed by atoms with van der Waals surface area (Å²) in [4.78, 5) is 0. The molecule has 0 fully saturated rings. The van der Waals surface area contributed by atoms with Crippen LogP contribution in [0, 0.1) is 6.92 Å². The third kappa shape index (κ3) is 1.23. The lowest BCUT2D eigenvalue weighted by Crippen LogP contribution is -2.05. The minimum absolute atomic E-state index is 0.0753. The van der Waals surface area contributed by atoms with Crippen molar-refractivity contribution in [2.24, 2.45) is 0 Å². The van der Waals surface area contributed by atoms with Crippen LogP contribution in [0.25, 0.3) is 0 Å². The first-order chi connectivity index (χ1) is 4.34. The van der Waals surface area contributed by atoms with Gasteiger partial charge in [0, 0.05) is 0 Å². The van der Waals surface area contributed by atoms with Gasteiger partial charge in [0.2, 0.25) is 0 Å². The number of hydrogen-bond donors (Lipinski definition) is 1. The minimum atomic E-state index is 0.0753. The molecule has 0 unspecified atom stereocenters. The van der Waals surface area contributed by atoms with E-state index in [1.54, 1.807) is 11.6 Å². The SMILES string of the molecule is Cc1nnnn1CCO. The van der Waals surface area contributed by atoms with Crippen molar-refractivity contribution in [3.8, 4) is 0 Å². The van der Waals surface area contributed by atoms with E-state index < -0.39 is 0 Å². The molecule has 0 atom stereocenters. The second-order valence-corrected chi connectivity index (χ2v) is 1.67. The summed E-state index contributed by atoms with van der Waals surface area (Å²) in [6.45, 7) is 2.33. The fourth-order valence-electron chi connectivity index (χ4n) is 0.551. The summed E-state index contributed by atoms with van der Waals surface area (Å²) >= 11 is 0. The van der Waals surface area contributed by atoms with Crippen molar-refractivity contribution >= 4 is 0 Å². The molecule has 0 bridgehead atoms. The average Bonchev–Trinajstić information content (AvgIpc) is 2.18. The van der Waals surface area contributed by atoms with Crippen LogP contribution in [0.3, 0.4) is 0 Å². The highest BCUT2D eigenvalue weighted by atomic mass is 16.3. The van der Waals surface area contributed by atoms with E-state index in [4.69, 9.17) is 5.11 Å². The molecule has 1 rings (SSSR count). The van der Waals surface area contributed by atoms with E-state index in [0.717, 1.165) is 5.82 Å². The maximum atomic E-state index is 8.45. The quantitative estimate of drug-likeness (QED) is 0.553. The van der Waals surface area contributed by atoms with E-state index in [-0.39, 0.29) is 6.61 Å². The van der Waals surface area contributed by atoms with Crippen molar-refractivity contribution in [2.75, 3.05) is 6.61 Å². The van der Waals surface area contributed by atoms with E-state index in [2.05, 4.69) is 15.5 Å². The second-order valence-electron chi connectivity index (χ2n) is 1.67. The Labute approximate surface area is 52.3 Å². The van der Waals surface area contributed by atoms with Gasteiger partial charge >= 0.3 is 0 Å². The molecule has 0 saturated carbocycles. The van der Waals surface area contributed by atoms with Gasteiger partial charge < -0.3 is 5.11 Å². The fraction of sp³-hybridized carbons (Fsp3) is 0.750. The van der Waals surface area contributed by atoms with Crippen LogP contribution in [0.4, 0.5) is 0 Å². The number of aromatic nitrogens is 4. The van der Waals surface area contributed by atoms with Crippen LogP contribution in [0.15, 0.2) is 0 Å². The van der Waals surface area contributed by atoms with Crippen LogP contribution in [0.1, 0.15) is 5.82 Å². The van der Waals surface area contributed by atoms with Gasteiger partial charge in [0.15, 0.2) is 0 Å². The zero-order valence-electron chi connectivity index (χ0n) is 5.15. The topological polar surface area (TPSA) is 63.8 Å². The lowest BCUT2D eigenvalue weighted by molar-refractivity contribution is 0.266. The fourth-order valence-corrected chi connectivity index (χ4v) is 0.551. The lowest BCUT2D eigenvalue weighted by Gasteiger charge is -1.94. The van der Waals surface area contributed by atoms with Crippen LogP contribution in [-0.2, 0) is 6.54 Å². The molecule has 9 heavy (non-hydrogen) atoms. The first-order valence-corrected chi connectivity index (χ1v) is 2.68. The molecule has 0 spiro atoms. The number of tetrazole rings is 1. The summed E-state index contributed by atoms with van der Waals surface area (Å²) in [7, 11) is 0. The molecule has 0 radical (unpaired) electrons. The highest BCUT2D eigenvalue weighted by molar-refractivity contribution is 4.71. The third-order valence-corrected chi connectivity index (χ3v) is 1.02. The Hall–Kier alpha value is -0.970. The molecule has 1 N–H and O–H groups in total. The van der Waals surface area contributed by atoms with E-state index >= 15 is 0 Å². The number of aliphatic hydroxyl groups excluding tert-OH is 1. The highest BCUT2D eigenvalue weighted by Crippen LogP contribution is 1.85. The average molecular weight is 128 g/mol. The number of hydrogen-bond acceptors (Lipinski definition) is 4. The summed E-state index contributed by atoms with van der Waals surface area (Å²) < 4.78 is 1.54. The van der Waals surface area contributed by atoms with E-state index in [1.165, 1.54) is 0 Å². The Balaban J connectivity index is 2.69. The largest absolute Gasteiger partial charge is 0.394 e. The molecule has 0 aliphatic rings. The van der Waals surface area contributed by atoms with E-state index in [1.807, 2.05) is 0 Å². The number of nitrogens with zero attached hydrogens (tertiary/aromatic N) is 4. The van der Waals surface area contributed by atoms with Gasteiger partial charge in [-0.15, -0.1) is 5.10 Å². The summed E-state index contributed by atoms with van der Waals surface area (Å²) in [5.41, 5.74) is 0. The molecule has 0 saturated heterocycles. The molecule has 50 valence electrons. The van der Waals surface area contributed by atoms with Crippen molar-refractivity contribution in [3.05, 3.63) is 5.82 Å². The molecule has 1 aromatic heterocycles. The maximum absolute atomic E-state index is 8.45. The number of aliphatic hydroxyl groups is 1. The maximum Gasteiger partial charge on any atom is 0.148 e. The van der Waals surface area contributed by atoms with Crippen LogP contribution in [0.2, 0.25) is 0 Å². The Bertz CT molecular complexity index is 184. The highest BCUT2D eigenvalue weighted by Gasteiger charge is 1.95. The van der Waals surface area contributed by atoms with Crippen LogP contribution < -0.4 is 0 Å². The monoisotopic (exact) mass is 128 g/mol. The molecule has 1 heterocycles. The first-order valence-electron chi connectivity index (χ1n) is 2.68. The third-order valence-electron chi connectivity index (χ3n) is 1.02. The lowest BCUT2D eigenvalue weighted by atomic mass is 10.6. The van der Waals surface area contributed by atoms with Gasteiger partial charge in [0.1, 0.15) is 5.82 Å². The molecule has 0 aliphatic heterocycles. The molecule has 5 nitrogen and oxygen atoms in total. The molecule has 0 aromatic carbocycles. The summed E-state index contributed by atoms with van der Waals surface area (Å²) in [5, 5.41) is 19.1. The molecular weight excluding hydrogens is 120 g/mol. The van der Waals surface area contributed by atoms with Crippen LogP contribution >= 0.6 is 0 Å². The summed E-state index contributed by atoms with van der Waals surface area (Å²) in [6, 6.07) is 0. The Morgan fingerprint density at radius 3 is 2.89 bits per heavy atom. The van der Waals surface area contributed by atoms with Crippen molar-refractivity contribution in [1.29, 1.82) is 0 Å². The molecule has 5 heteroatoms. The molecule has 0 aliphatic carbocycles. The predicted molar refractivity (Wildman–Crippen MR) is 29.6 cm³/mol. The van der Waals surface area contributed by atoms with Gasteiger partial charge in [-0.3, -0.25) is 0 Å². The zero-order valence-corrected chi connectivity index (χ0v) is 5.15. The van der Waals surface area contributed by atoms with Crippen LogP contribution in [-0.4, -0.2) is 31.9 Å². The van der Waals surface area contributed by atoms with Crippen LogP contribution in [0.5, 0.6) is 0 Å². The number of rotatable bonds is 2. The standard InChI is InChI=1S/C4H8N4O/c1-4-5-6-7-8(4)2-3-9/h9H,2-3H2,1H3. The van der Waals surface area contributed by atoms with E-state index in [0.29, 0.717) is 6.54 Å². The van der Waals surface area contributed by atoms with Gasteiger partial charge in [-0.1, -0.05) is 0 Å². The van der Waals surface area contributed by atoms with Gasteiger partial charge in [0.05, 0.1) is 13.2 Å². The van der Waals surface area contributed by atoms with Gasteiger partial charge in [-0.05, 0) is 17.4 Å².